The zero-order valence-electron chi connectivity index (χ0n) is 26.0. The highest BCUT2D eigenvalue weighted by Gasteiger charge is 2.36. The van der Waals surface area contributed by atoms with Crippen LogP contribution in [0, 0.1) is 0 Å². The van der Waals surface area contributed by atoms with Crippen molar-refractivity contribution in [2.24, 2.45) is 0 Å². The standard InChI is InChI=1S/C43H29N3S/c1-43(2)33-19-11-18-32-39(33)46(40-31-17-7-9-21-37(31)47-41(32)40)36-23-22-29(25-34(36)43)42-44-35-20-8-6-16-30(35)38(45-42)28-15-10-14-27(24-28)26-12-4-3-5-13-26/h3-25H,1-2H3. The topological polar surface area (TPSA) is 30.7 Å². The van der Waals surface area contributed by atoms with Crippen molar-refractivity contribution in [3.05, 3.63) is 151 Å². The van der Waals surface area contributed by atoms with E-state index in [0.29, 0.717) is 0 Å². The lowest BCUT2D eigenvalue weighted by molar-refractivity contribution is 0.630. The molecule has 3 nitrogen and oxygen atoms in total. The Morgan fingerprint density at radius 3 is 2.15 bits per heavy atom. The summed E-state index contributed by atoms with van der Waals surface area (Å²) in [5.74, 6) is 0.741. The van der Waals surface area contributed by atoms with Crippen LogP contribution < -0.4 is 0 Å². The first-order chi connectivity index (χ1) is 23.1. The zero-order chi connectivity index (χ0) is 31.3. The summed E-state index contributed by atoms with van der Waals surface area (Å²) >= 11 is 1.90. The van der Waals surface area contributed by atoms with Gasteiger partial charge >= 0.3 is 0 Å². The van der Waals surface area contributed by atoms with Crippen molar-refractivity contribution in [2.45, 2.75) is 19.3 Å². The number of para-hydroxylation sites is 2. The summed E-state index contributed by atoms with van der Waals surface area (Å²) in [6.45, 7) is 4.71. The second-order valence-corrected chi connectivity index (χ2v) is 14.1. The Balaban J connectivity index is 1.20. The third-order valence-electron chi connectivity index (χ3n) is 9.99. The molecule has 9 aromatic rings. The van der Waals surface area contributed by atoms with Crippen LogP contribution in [0.5, 0.6) is 0 Å². The summed E-state index contributed by atoms with van der Waals surface area (Å²) in [6, 6.07) is 50.1. The molecule has 3 aromatic heterocycles. The summed E-state index contributed by atoms with van der Waals surface area (Å²) in [4.78, 5) is 10.5. The maximum atomic E-state index is 5.31. The fourth-order valence-electron chi connectivity index (χ4n) is 7.68. The Hall–Kier alpha value is -5.58. The molecule has 0 N–H and O–H groups in total. The van der Waals surface area contributed by atoms with Gasteiger partial charge in [0.25, 0.3) is 0 Å². The minimum Gasteiger partial charge on any atom is -0.307 e. The second-order valence-electron chi connectivity index (χ2n) is 13.0. The molecule has 0 atom stereocenters. The number of aromatic nitrogens is 3. The van der Waals surface area contributed by atoms with Gasteiger partial charge in [0.2, 0.25) is 0 Å². The van der Waals surface area contributed by atoms with Crippen LogP contribution in [0.15, 0.2) is 140 Å². The van der Waals surface area contributed by atoms with E-state index in [-0.39, 0.29) is 5.41 Å². The molecule has 0 aliphatic carbocycles. The Morgan fingerprint density at radius 1 is 0.532 bits per heavy atom. The smallest absolute Gasteiger partial charge is 0.160 e. The quantitative estimate of drug-likeness (QED) is 0.197. The molecule has 6 aromatic carbocycles. The SMILES string of the molecule is CC1(C)c2cc(-c3nc(-c4cccc(-c5ccccc5)c4)c4ccccc4n3)ccc2-n2c3c1cccc3c1sc3ccccc3c12. The number of rotatable bonds is 3. The van der Waals surface area contributed by atoms with E-state index in [1.807, 2.05) is 11.3 Å². The Morgan fingerprint density at radius 2 is 1.26 bits per heavy atom. The minimum atomic E-state index is -0.208. The average Bonchev–Trinajstić information content (AvgIpc) is 3.66. The molecular formula is C43H29N3S. The third-order valence-corrected chi connectivity index (χ3v) is 11.2. The van der Waals surface area contributed by atoms with Gasteiger partial charge in [0.05, 0.1) is 32.6 Å². The van der Waals surface area contributed by atoms with Crippen LogP contribution in [0.25, 0.3) is 81.6 Å². The number of nitrogens with zero attached hydrogens (tertiary/aromatic N) is 3. The normalized spacial score (nSPS) is 13.5. The monoisotopic (exact) mass is 619 g/mol. The van der Waals surface area contributed by atoms with Crippen molar-refractivity contribution >= 4 is 53.4 Å². The first kappa shape index (κ1) is 26.6. The van der Waals surface area contributed by atoms with Crippen LogP contribution in [-0.2, 0) is 5.41 Å². The molecule has 4 heterocycles. The van der Waals surface area contributed by atoms with E-state index in [2.05, 4.69) is 158 Å². The predicted octanol–water partition coefficient (Wildman–Crippen LogP) is 11.6. The van der Waals surface area contributed by atoms with Crippen LogP contribution in [0.2, 0.25) is 0 Å². The first-order valence-corrected chi connectivity index (χ1v) is 16.9. The molecule has 0 saturated carbocycles. The van der Waals surface area contributed by atoms with Crippen LogP contribution in [0.4, 0.5) is 0 Å². The maximum Gasteiger partial charge on any atom is 0.160 e. The molecule has 0 fully saturated rings. The van der Waals surface area contributed by atoms with Crippen molar-refractivity contribution in [2.75, 3.05) is 0 Å². The fourth-order valence-corrected chi connectivity index (χ4v) is 8.89. The van der Waals surface area contributed by atoms with Gasteiger partial charge in [-0.25, -0.2) is 9.97 Å². The zero-order valence-corrected chi connectivity index (χ0v) is 26.8. The molecule has 47 heavy (non-hydrogen) atoms. The Labute approximate surface area is 276 Å². The largest absolute Gasteiger partial charge is 0.307 e. The molecule has 1 aliphatic rings. The van der Waals surface area contributed by atoms with Gasteiger partial charge in [0, 0.05) is 37.4 Å². The highest BCUT2D eigenvalue weighted by atomic mass is 32.1. The van der Waals surface area contributed by atoms with Crippen LogP contribution in [0.3, 0.4) is 0 Å². The molecule has 0 unspecified atom stereocenters. The molecule has 0 saturated heterocycles. The number of hydrogen-bond acceptors (Lipinski definition) is 3. The Kier molecular flexibility index (Phi) is 5.50. The summed E-state index contributed by atoms with van der Waals surface area (Å²) in [5, 5.41) is 3.70. The molecule has 0 amide bonds. The molecular weight excluding hydrogens is 591 g/mol. The van der Waals surface area contributed by atoms with Crippen LogP contribution >= 0.6 is 11.3 Å². The molecule has 4 heteroatoms. The van der Waals surface area contributed by atoms with Crippen molar-refractivity contribution in [3.63, 3.8) is 0 Å². The van der Waals surface area contributed by atoms with E-state index >= 15 is 0 Å². The minimum absolute atomic E-state index is 0.208. The van der Waals surface area contributed by atoms with Crippen LogP contribution in [0.1, 0.15) is 25.0 Å². The lowest BCUT2D eigenvalue weighted by Crippen LogP contribution is -2.26. The van der Waals surface area contributed by atoms with E-state index in [4.69, 9.17) is 9.97 Å². The highest BCUT2D eigenvalue weighted by Crippen LogP contribution is 2.51. The van der Waals surface area contributed by atoms with Crippen molar-refractivity contribution < 1.29 is 0 Å². The number of hydrogen-bond donors (Lipinski definition) is 0. The van der Waals surface area contributed by atoms with Gasteiger partial charge in [-0.1, -0.05) is 117 Å². The summed E-state index contributed by atoms with van der Waals surface area (Å²) in [7, 11) is 0. The molecule has 222 valence electrons. The van der Waals surface area contributed by atoms with Gasteiger partial charge < -0.3 is 4.57 Å². The van der Waals surface area contributed by atoms with E-state index < -0.39 is 0 Å². The summed E-state index contributed by atoms with van der Waals surface area (Å²) in [6.07, 6.45) is 0. The van der Waals surface area contributed by atoms with E-state index in [1.165, 1.54) is 59.1 Å². The van der Waals surface area contributed by atoms with E-state index in [9.17, 15) is 0 Å². The predicted molar refractivity (Wildman–Crippen MR) is 198 cm³/mol. The molecule has 0 spiro atoms. The fraction of sp³-hybridized carbons (Fsp3) is 0.0698. The lowest BCUT2D eigenvalue weighted by atomic mass is 9.74. The molecule has 1 aliphatic heterocycles. The van der Waals surface area contributed by atoms with E-state index in [1.54, 1.807) is 0 Å². The molecule has 10 rings (SSSR count). The van der Waals surface area contributed by atoms with Crippen molar-refractivity contribution in [1.29, 1.82) is 0 Å². The second kappa shape index (κ2) is 9.71. The summed E-state index contributed by atoms with van der Waals surface area (Å²) in [5.41, 5.74) is 12.7. The van der Waals surface area contributed by atoms with Gasteiger partial charge in [-0.2, -0.15) is 0 Å². The average molecular weight is 620 g/mol. The van der Waals surface area contributed by atoms with Gasteiger partial charge in [-0.3, -0.25) is 0 Å². The van der Waals surface area contributed by atoms with Gasteiger partial charge in [-0.15, -0.1) is 11.3 Å². The van der Waals surface area contributed by atoms with Gasteiger partial charge in [0.1, 0.15) is 0 Å². The maximum absolute atomic E-state index is 5.31. The third kappa shape index (κ3) is 3.79. The molecule has 0 bridgehead atoms. The number of thiophene rings is 1. The molecule has 0 radical (unpaired) electrons. The summed E-state index contributed by atoms with van der Waals surface area (Å²) < 4.78 is 5.20. The van der Waals surface area contributed by atoms with Gasteiger partial charge in [0.15, 0.2) is 5.82 Å². The lowest BCUT2D eigenvalue weighted by Gasteiger charge is -2.35. The van der Waals surface area contributed by atoms with Crippen LogP contribution in [-0.4, -0.2) is 14.5 Å². The van der Waals surface area contributed by atoms with Crippen molar-refractivity contribution in [3.8, 4) is 39.5 Å². The Bertz CT molecular complexity index is 2710. The number of benzene rings is 6. The first-order valence-electron chi connectivity index (χ1n) is 16.1. The van der Waals surface area contributed by atoms with E-state index in [0.717, 1.165) is 33.5 Å². The van der Waals surface area contributed by atoms with Crippen molar-refractivity contribution in [1.82, 2.24) is 14.5 Å². The highest BCUT2D eigenvalue weighted by molar-refractivity contribution is 7.26. The van der Waals surface area contributed by atoms with Gasteiger partial charge in [-0.05, 0) is 58.7 Å². The number of fused-ring (bicyclic) bond motifs is 8.